The molecule has 35 heavy (non-hydrogen) atoms. The molecule has 194 valence electrons. The summed E-state index contributed by atoms with van der Waals surface area (Å²) in [5.74, 6) is 2.75. The summed E-state index contributed by atoms with van der Waals surface area (Å²) in [5.41, 5.74) is 3.62. The minimum atomic E-state index is 0.0820. The number of carbonyl (C=O) groups is 1. The molecule has 0 aromatic heterocycles. The lowest BCUT2D eigenvalue weighted by Crippen LogP contribution is -2.44. The Morgan fingerprint density at radius 1 is 1.06 bits per heavy atom. The molecule has 1 N–H and O–H groups in total. The van der Waals surface area contributed by atoms with Crippen molar-refractivity contribution in [2.24, 2.45) is 22.7 Å². The molecule has 2 saturated heterocycles. The first-order valence-corrected chi connectivity index (χ1v) is 13.8. The minimum absolute atomic E-state index is 0.0820. The highest BCUT2D eigenvalue weighted by atomic mass is 16.5. The van der Waals surface area contributed by atoms with Crippen LogP contribution in [0, 0.1) is 31.6 Å². The van der Waals surface area contributed by atoms with Gasteiger partial charge in [-0.25, -0.2) is 4.99 Å². The van der Waals surface area contributed by atoms with E-state index in [9.17, 15) is 4.79 Å². The van der Waals surface area contributed by atoms with Crippen LogP contribution in [0.4, 0.5) is 0 Å². The third-order valence-corrected chi connectivity index (χ3v) is 8.17. The van der Waals surface area contributed by atoms with Crippen molar-refractivity contribution < 1.29 is 9.53 Å². The van der Waals surface area contributed by atoms with Crippen LogP contribution in [-0.4, -0.2) is 79.6 Å². The van der Waals surface area contributed by atoms with Gasteiger partial charge in [-0.15, -0.1) is 0 Å². The predicted octanol–water partition coefficient (Wildman–Crippen LogP) is 4.03. The molecule has 2 unspecified atom stereocenters. The molecule has 0 aliphatic carbocycles. The van der Waals surface area contributed by atoms with Crippen LogP contribution in [0.5, 0.6) is 0 Å². The number of amides is 1. The van der Waals surface area contributed by atoms with Crippen LogP contribution in [0.2, 0.25) is 0 Å². The van der Waals surface area contributed by atoms with Crippen LogP contribution < -0.4 is 5.32 Å². The smallest absolute Gasteiger partial charge is 0.223 e. The molecule has 6 nitrogen and oxygen atoms in total. The van der Waals surface area contributed by atoms with Crippen molar-refractivity contribution >= 4 is 11.8 Å². The second-order valence-corrected chi connectivity index (χ2v) is 11.5. The molecule has 1 aromatic rings. The van der Waals surface area contributed by atoms with Gasteiger partial charge in [0.15, 0.2) is 0 Å². The second-order valence-electron chi connectivity index (χ2n) is 11.5. The maximum absolute atomic E-state index is 12.7. The first-order chi connectivity index (χ1) is 16.8. The average Bonchev–Trinajstić information content (AvgIpc) is 3.18. The number of ether oxygens (including phenoxy) is 1. The third-order valence-electron chi connectivity index (χ3n) is 8.17. The fourth-order valence-corrected chi connectivity index (χ4v) is 6.02. The summed E-state index contributed by atoms with van der Waals surface area (Å²) in [7, 11) is 0. The summed E-state index contributed by atoms with van der Waals surface area (Å²) >= 11 is 0. The number of rotatable bonds is 8. The lowest BCUT2D eigenvalue weighted by molar-refractivity contribution is -0.126. The van der Waals surface area contributed by atoms with E-state index in [-0.39, 0.29) is 24.0 Å². The summed E-state index contributed by atoms with van der Waals surface area (Å²) < 4.78 is 6.12. The van der Waals surface area contributed by atoms with E-state index in [2.05, 4.69) is 67.9 Å². The fourth-order valence-electron chi connectivity index (χ4n) is 6.02. The highest BCUT2D eigenvalue weighted by Gasteiger charge is 2.32. The van der Waals surface area contributed by atoms with Gasteiger partial charge < -0.3 is 19.9 Å². The van der Waals surface area contributed by atoms with E-state index in [0.29, 0.717) is 0 Å². The molecule has 3 heterocycles. The van der Waals surface area contributed by atoms with Crippen molar-refractivity contribution in [2.75, 3.05) is 45.8 Å². The molecule has 0 radical (unpaired) electrons. The van der Waals surface area contributed by atoms with Crippen LogP contribution in [0.1, 0.15) is 63.1 Å². The van der Waals surface area contributed by atoms with Gasteiger partial charge in [-0.2, -0.15) is 0 Å². The third kappa shape index (κ3) is 7.07. The van der Waals surface area contributed by atoms with Gasteiger partial charge in [0.05, 0.1) is 0 Å². The Morgan fingerprint density at radius 3 is 2.46 bits per heavy atom. The van der Waals surface area contributed by atoms with Crippen molar-refractivity contribution in [1.82, 2.24) is 15.1 Å². The monoisotopic (exact) mass is 482 g/mol. The zero-order valence-corrected chi connectivity index (χ0v) is 22.6. The topological polar surface area (TPSA) is 57.2 Å². The molecule has 1 aromatic carbocycles. The first kappa shape index (κ1) is 26.2. The summed E-state index contributed by atoms with van der Waals surface area (Å²) in [5, 5.41) is 3.22. The molecule has 0 bridgehead atoms. The number of aliphatic imine (C=N–C) groups is 1. The molecule has 4 atom stereocenters. The number of hydrogen-bond acceptors (Lipinski definition) is 5. The average molecular weight is 483 g/mol. The lowest BCUT2D eigenvalue weighted by atomic mass is 9.92. The van der Waals surface area contributed by atoms with Crippen LogP contribution in [-0.2, 0) is 9.53 Å². The van der Waals surface area contributed by atoms with E-state index in [4.69, 9.17) is 9.73 Å². The maximum atomic E-state index is 12.7. The summed E-state index contributed by atoms with van der Waals surface area (Å²) in [6, 6.07) is 6.56. The zero-order chi connectivity index (χ0) is 24.9. The van der Waals surface area contributed by atoms with Crippen molar-refractivity contribution in [3.63, 3.8) is 0 Å². The van der Waals surface area contributed by atoms with Crippen LogP contribution in [0.25, 0.3) is 0 Å². The Morgan fingerprint density at radius 2 is 1.77 bits per heavy atom. The number of likely N-dealkylation sites (tertiary alicyclic amines) is 2. The fraction of sp³-hybridized carbons (Fsp3) is 0.724. The van der Waals surface area contributed by atoms with Crippen LogP contribution >= 0.6 is 0 Å². The zero-order valence-electron chi connectivity index (χ0n) is 22.6. The molecule has 0 spiro atoms. The molecular weight excluding hydrogens is 436 g/mol. The summed E-state index contributed by atoms with van der Waals surface area (Å²) in [6.07, 6.45) is 4.34. The number of carbonyl (C=O) groups excluding carboxylic acids is 1. The van der Waals surface area contributed by atoms with Crippen molar-refractivity contribution in [1.29, 1.82) is 0 Å². The highest BCUT2D eigenvalue weighted by Crippen LogP contribution is 2.24. The number of nitrogens with one attached hydrogen (secondary N) is 1. The Kier molecular flexibility index (Phi) is 8.87. The second kappa shape index (κ2) is 11.9. The summed E-state index contributed by atoms with van der Waals surface area (Å²) in [6.45, 7) is 18.2. The normalized spacial score (nSPS) is 28.5. The molecule has 3 aliphatic rings. The molecule has 1 amide bonds. The number of piperidine rings is 2. The number of aryl methyl sites for hydroxylation is 2. The number of benzene rings is 1. The number of nitrogens with zero attached hydrogens (tertiary/aromatic N) is 3. The van der Waals surface area contributed by atoms with Crippen molar-refractivity contribution in [2.45, 2.75) is 72.4 Å². The number of hydrogen-bond donors (Lipinski definition) is 1. The van der Waals surface area contributed by atoms with Gasteiger partial charge in [0.25, 0.3) is 0 Å². The Labute approximate surface area is 212 Å². The first-order valence-electron chi connectivity index (χ1n) is 13.8. The van der Waals surface area contributed by atoms with Gasteiger partial charge >= 0.3 is 0 Å². The highest BCUT2D eigenvalue weighted by molar-refractivity contribution is 5.95. The predicted molar refractivity (Wildman–Crippen MR) is 143 cm³/mol. The van der Waals surface area contributed by atoms with Crippen LogP contribution in [0.15, 0.2) is 23.2 Å². The van der Waals surface area contributed by atoms with Gasteiger partial charge in [0.1, 0.15) is 12.1 Å². The van der Waals surface area contributed by atoms with Gasteiger partial charge in [0.2, 0.25) is 11.8 Å². The molecule has 3 aliphatic heterocycles. The largest absolute Gasteiger partial charge is 0.472 e. The molecule has 2 fully saturated rings. The van der Waals surface area contributed by atoms with Crippen molar-refractivity contribution in [3.8, 4) is 0 Å². The van der Waals surface area contributed by atoms with E-state index in [1.807, 2.05) is 0 Å². The van der Waals surface area contributed by atoms with E-state index < -0.39 is 0 Å². The van der Waals surface area contributed by atoms with E-state index in [1.165, 1.54) is 30.6 Å². The molecular formula is C29H46N4O2. The van der Waals surface area contributed by atoms with E-state index in [1.54, 1.807) is 0 Å². The van der Waals surface area contributed by atoms with Crippen LogP contribution in [0.3, 0.4) is 0 Å². The Hall–Kier alpha value is -1.92. The molecule has 4 rings (SSSR count). The van der Waals surface area contributed by atoms with Gasteiger partial charge in [-0.3, -0.25) is 4.79 Å². The standard InChI is InChI=1S/C29H46N4O2/c1-20-15-21(2)18-33(17-20)12-6-11-30-28(34)25-9-13-32(14-10-25)19-27-24(5)35-29(31-27)26-8-7-22(3)23(4)16-26/h7-8,16,20-21,24-25,27H,6,9-15,17-19H2,1-5H3,(H,30,34)/t20-,21+,24?,27?. The lowest BCUT2D eigenvalue weighted by Gasteiger charge is -2.35. The van der Waals surface area contributed by atoms with Crippen molar-refractivity contribution in [3.05, 3.63) is 34.9 Å². The SMILES string of the molecule is Cc1ccc(C2=NC(CN3CCC(C(=O)NCCCN4C[C@H](C)C[C@H](C)C4)CC3)C(C)O2)cc1C. The minimum Gasteiger partial charge on any atom is -0.472 e. The van der Waals surface area contributed by atoms with E-state index in [0.717, 1.165) is 75.3 Å². The van der Waals surface area contributed by atoms with Gasteiger partial charge in [-0.05, 0) is 101 Å². The van der Waals surface area contributed by atoms with Gasteiger partial charge in [-0.1, -0.05) is 19.9 Å². The molecule has 0 saturated carbocycles. The van der Waals surface area contributed by atoms with E-state index >= 15 is 0 Å². The van der Waals surface area contributed by atoms with Gasteiger partial charge in [0, 0.05) is 37.7 Å². The Bertz CT molecular complexity index is 883. The quantitative estimate of drug-likeness (QED) is 0.569. The maximum Gasteiger partial charge on any atom is 0.223 e. The molecule has 6 heteroatoms. The summed E-state index contributed by atoms with van der Waals surface area (Å²) in [4.78, 5) is 22.7. The Balaban J connectivity index is 1.16.